The van der Waals surface area contributed by atoms with E-state index >= 15 is 0 Å². The van der Waals surface area contributed by atoms with Gasteiger partial charge in [0.25, 0.3) is 0 Å². The zero-order valence-corrected chi connectivity index (χ0v) is 17.4. The summed E-state index contributed by atoms with van der Waals surface area (Å²) in [5, 5.41) is 0. The molecule has 0 fully saturated rings. The van der Waals surface area contributed by atoms with Gasteiger partial charge in [-0.15, -0.1) is 0 Å². The minimum Gasteiger partial charge on any atom is -0.466 e. The maximum Gasteiger partial charge on any atom is 0.307 e. The quantitative estimate of drug-likeness (QED) is 0.273. The van der Waals surface area contributed by atoms with Crippen LogP contribution in [0.2, 0.25) is 0 Å². The molecular formula is C16H32N2O4S2. The number of rotatable bonds is 13. The van der Waals surface area contributed by atoms with Gasteiger partial charge in [0.05, 0.1) is 26.1 Å². The van der Waals surface area contributed by atoms with Crippen LogP contribution in [-0.4, -0.2) is 58.9 Å². The van der Waals surface area contributed by atoms with Crippen LogP contribution in [0, 0.1) is 0 Å². The Hall–Kier alpha value is -0.440. The van der Waals surface area contributed by atoms with Gasteiger partial charge in [-0.05, 0) is 41.5 Å². The highest BCUT2D eigenvalue weighted by Crippen LogP contribution is 2.33. The summed E-state index contributed by atoms with van der Waals surface area (Å²) in [6, 6.07) is 0.604. The van der Waals surface area contributed by atoms with Gasteiger partial charge in [0.2, 0.25) is 0 Å². The van der Waals surface area contributed by atoms with Crippen LogP contribution in [0.5, 0.6) is 0 Å². The molecule has 0 aromatic rings. The van der Waals surface area contributed by atoms with Gasteiger partial charge in [-0.1, -0.05) is 0 Å². The molecule has 0 unspecified atom stereocenters. The van der Waals surface area contributed by atoms with E-state index in [-0.39, 0.29) is 11.9 Å². The predicted octanol–water partition coefficient (Wildman–Crippen LogP) is 3.53. The van der Waals surface area contributed by atoms with Crippen molar-refractivity contribution in [3.8, 4) is 0 Å². The number of esters is 2. The van der Waals surface area contributed by atoms with Crippen molar-refractivity contribution >= 4 is 33.9 Å². The summed E-state index contributed by atoms with van der Waals surface area (Å²) in [5.41, 5.74) is 0. The fourth-order valence-electron chi connectivity index (χ4n) is 1.72. The number of hydrogen-bond donors (Lipinski definition) is 0. The second-order valence-corrected chi connectivity index (χ2v) is 7.86. The number of nitrogens with zero attached hydrogens (tertiary/aromatic N) is 2. The first-order valence-corrected chi connectivity index (χ1v) is 10.6. The lowest BCUT2D eigenvalue weighted by Gasteiger charge is -2.29. The van der Waals surface area contributed by atoms with Crippen molar-refractivity contribution in [1.82, 2.24) is 8.61 Å². The molecule has 0 saturated carbocycles. The molecule has 6 nitrogen and oxygen atoms in total. The Bertz CT molecular complexity index is 334. The van der Waals surface area contributed by atoms with E-state index < -0.39 is 0 Å². The average molecular weight is 381 g/mol. The summed E-state index contributed by atoms with van der Waals surface area (Å²) in [4.78, 5) is 23.1. The normalized spacial score (nSPS) is 11.6. The SMILES string of the molecule is CCOC(=O)CCN(SSN(CCC(=O)OCC)C(C)C)C(C)C. The highest BCUT2D eigenvalue weighted by Gasteiger charge is 2.18. The Kier molecular flexibility index (Phi) is 13.6. The van der Waals surface area contributed by atoms with Crippen LogP contribution in [-0.2, 0) is 19.1 Å². The second kappa shape index (κ2) is 13.8. The molecule has 0 N–H and O–H groups in total. The Morgan fingerprint density at radius 3 is 1.38 bits per heavy atom. The molecule has 0 atom stereocenters. The van der Waals surface area contributed by atoms with Gasteiger partial charge >= 0.3 is 11.9 Å². The molecule has 142 valence electrons. The van der Waals surface area contributed by atoms with E-state index in [1.54, 1.807) is 22.0 Å². The van der Waals surface area contributed by atoms with Crippen LogP contribution in [0.3, 0.4) is 0 Å². The van der Waals surface area contributed by atoms with Crippen molar-refractivity contribution in [2.24, 2.45) is 0 Å². The highest BCUT2D eigenvalue weighted by atomic mass is 33.1. The maximum absolute atomic E-state index is 11.5. The molecule has 0 saturated heterocycles. The minimum absolute atomic E-state index is 0.170. The number of carbonyl (C=O) groups excluding carboxylic acids is 2. The molecule has 24 heavy (non-hydrogen) atoms. The summed E-state index contributed by atoms with van der Waals surface area (Å²) in [7, 11) is 3.21. The first-order valence-electron chi connectivity index (χ1n) is 8.51. The summed E-state index contributed by atoms with van der Waals surface area (Å²) >= 11 is 0. The van der Waals surface area contributed by atoms with Gasteiger partial charge in [-0.3, -0.25) is 9.59 Å². The topological polar surface area (TPSA) is 59.1 Å². The molecule has 0 rings (SSSR count). The van der Waals surface area contributed by atoms with Crippen LogP contribution in [0.1, 0.15) is 54.4 Å². The predicted molar refractivity (Wildman–Crippen MR) is 101 cm³/mol. The highest BCUT2D eigenvalue weighted by molar-refractivity contribution is 8.74. The van der Waals surface area contributed by atoms with Crippen LogP contribution >= 0.6 is 22.0 Å². The van der Waals surface area contributed by atoms with Crippen LogP contribution in [0.4, 0.5) is 0 Å². The Morgan fingerprint density at radius 2 is 1.12 bits per heavy atom. The lowest BCUT2D eigenvalue weighted by atomic mass is 10.3. The zero-order valence-electron chi connectivity index (χ0n) is 15.7. The number of hydrogen-bond acceptors (Lipinski definition) is 8. The van der Waals surface area contributed by atoms with Crippen molar-refractivity contribution in [1.29, 1.82) is 0 Å². The molecule has 8 heteroatoms. The Morgan fingerprint density at radius 1 is 0.792 bits per heavy atom. The number of ether oxygens (including phenoxy) is 2. The van der Waals surface area contributed by atoms with E-state index in [9.17, 15) is 9.59 Å². The van der Waals surface area contributed by atoms with Crippen molar-refractivity contribution in [2.75, 3.05) is 26.3 Å². The molecule has 0 aliphatic rings. The van der Waals surface area contributed by atoms with E-state index in [2.05, 4.69) is 36.3 Å². The van der Waals surface area contributed by atoms with Crippen molar-refractivity contribution in [2.45, 2.75) is 66.5 Å². The van der Waals surface area contributed by atoms with Gasteiger partial charge in [0, 0.05) is 47.1 Å². The molecule has 0 aliphatic carbocycles. The lowest BCUT2D eigenvalue weighted by Crippen LogP contribution is -2.30. The van der Waals surface area contributed by atoms with Gasteiger partial charge in [-0.25, -0.2) is 8.61 Å². The van der Waals surface area contributed by atoms with Gasteiger partial charge in [0.1, 0.15) is 0 Å². The number of carbonyl (C=O) groups is 2. The second-order valence-electron chi connectivity index (χ2n) is 5.73. The van der Waals surface area contributed by atoms with E-state index in [1.165, 1.54) is 0 Å². The molecule has 0 aliphatic heterocycles. The monoisotopic (exact) mass is 380 g/mol. The molecule has 0 aromatic heterocycles. The minimum atomic E-state index is -0.170. The molecule has 0 aromatic carbocycles. The molecular weight excluding hydrogens is 348 g/mol. The Balaban J connectivity index is 4.39. The summed E-state index contributed by atoms with van der Waals surface area (Å²) in [6.07, 6.45) is 0.758. The van der Waals surface area contributed by atoms with Gasteiger partial charge in [-0.2, -0.15) is 0 Å². The third kappa shape index (κ3) is 11.2. The fourth-order valence-corrected chi connectivity index (χ4v) is 4.56. The van der Waals surface area contributed by atoms with Crippen molar-refractivity contribution < 1.29 is 19.1 Å². The van der Waals surface area contributed by atoms with Crippen molar-refractivity contribution in [3.63, 3.8) is 0 Å². The van der Waals surface area contributed by atoms with Gasteiger partial charge < -0.3 is 9.47 Å². The third-order valence-electron chi connectivity index (χ3n) is 3.06. The molecule has 0 bridgehead atoms. The van der Waals surface area contributed by atoms with Crippen LogP contribution in [0.15, 0.2) is 0 Å². The first-order chi connectivity index (χ1) is 11.3. The van der Waals surface area contributed by atoms with Gasteiger partial charge in [0.15, 0.2) is 0 Å². The Labute approximate surface area is 154 Å². The largest absolute Gasteiger partial charge is 0.466 e. The lowest BCUT2D eigenvalue weighted by molar-refractivity contribution is -0.144. The molecule has 0 radical (unpaired) electrons. The first kappa shape index (κ1) is 23.6. The zero-order chi connectivity index (χ0) is 18.5. The van der Waals surface area contributed by atoms with Crippen LogP contribution < -0.4 is 0 Å². The van der Waals surface area contributed by atoms with Crippen LogP contribution in [0.25, 0.3) is 0 Å². The van der Waals surface area contributed by atoms with E-state index in [1.807, 2.05) is 13.8 Å². The average Bonchev–Trinajstić information content (AvgIpc) is 2.49. The van der Waals surface area contributed by atoms with Crippen molar-refractivity contribution in [3.05, 3.63) is 0 Å². The standard InChI is InChI=1S/C16H32N2O4S2/c1-7-21-15(19)9-11-17(13(3)4)23-24-18(14(5)6)12-10-16(20)22-8-2/h13-14H,7-12H2,1-6H3. The van der Waals surface area contributed by atoms with E-state index in [4.69, 9.17) is 9.47 Å². The molecule has 0 spiro atoms. The molecule has 0 amide bonds. The smallest absolute Gasteiger partial charge is 0.307 e. The van der Waals surface area contributed by atoms with E-state index in [0.717, 1.165) is 0 Å². The van der Waals surface area contributed by atoms with E-state index in [0.29, 0.717) is 51.2 Å². The maximum atomic E-state index is 11.5. The molecule has 0 heterocycles. The summed E-state index contributed by atoms with van der Waals surface area (Å²) in [5.74, 6) is -0.339. The third-order valence-corrected chi connectivity index (χ3v) is 6.07. The summed E-state index contributed by atoms with van der Waals surface area (Å²) in [6.45, 7) is 14.1. The summed E-state index contributed by atoms with van der Waals surface area (Å²) < 4.78 is 14.3. The fraction of sp³-hybridized carbons (Fsp3) is 0.875.